The summed E-state index contributed by atoms with van der Waals surface area (Å²) in [4.78, 5) is 12.9. The molecule has 0 radical (unpaired) electrons. The molecular weight excluding hydrogens is 495 g/mol. The van der Waals surface area contributed by atoms with E-state index in [1.165, 1.54) is 0 Å². The Kier molecular flexibility index (Phi) is 7.21. The van der Waals surface area contributed by atoms with Crippen LogP contribution in [0.5, 0.6) is 5.75 Å². The van der Waals surface area contributed by atoms with Crippen LogP contribution >= 0.6 is 23.2 Å². The molecule has 0 spiro atoms. The molecule has 5 atom stereocenters. The molecule has 34 heavy (non-hydrogen) atoms. The van der Waals surface area contributed by atoms with Gasteiger partial charge in [0.05, 0.1) is 11.7 Å². The van der Waals surface area contributed by atoms with Gasteiger partial charge in [-0.15, -0.1) is 0 Å². The van der Waals surface area contributed by atoms with Crippen LogP contribution < -0.4 is 14.8 Å². The minimum absolute atomic E-state index is 0.0460. The summed E-state index contributed by atoms with van der Waals surface area (Å²) in [5, 5.41) is 4.46. The van der Waals surface area contributed by atoms with Gasteiger partial charge in [-0.3, -0.25) is 4.79 Å². The van der Waals surface area contributed by atoms with E-state index in [1.807, 2.05) is 24.3 Å². The summed E-state index contributed by atoms with van der Waals surface area (Å²) >= 11 is 12.9. The quantitative estimate of drug-likeness (QED) is 0.513. The smallest absolute Gasteiger partial charge is 0.226 e. The minimum Gasteiger partial charge on any atom is -0.492 e. The molecule has 0 bridgehead atoms. The van der Waals surface area contributed by atoms with Gasteiger partial charge in [-0.2, -0.15) is 0 Å². The number of ether oxygens (including phenoxy) is 1. The number of amides is 1. The highest BCUT2D eigenvalue weighted by atomic mass is 35.5. The number of hydrogen-bond acceptors (Lipinski definition) is 4. The second kappa shape index (κ2) is 9.69. The van der Waals surface area contributed by atoms with Crippen molar-refractivity contribution >= 4 is 39.1 Å². The molecule has 2 aromatic carbocycles. The molecule has 1 saturated carbocycles. The molecule has 2 aliphatic rings. The standard InChI is InChI=1S/C25H30Cl2N2O4S/c1-15-23-22(16-4-6-17(26)7-5-16)20(10-11-25(23,2)24(30)29-15)19-9-8-18(14-21(19)27)33-13-12-28-34(3,31)32/h4-9,14-15,20,22-23,28H,10-13H2,1-3H3,(H,29,30)/t15-,20+,22+,23+,25-/m1/s1. The first kappa shape index (κ1) is 25.3. The van der Waals surface area contributed by atoms with Crippen molar-refractivity contribution < 1.29 is 17.9 Å². The Morgan fingerprint density at radius 3 is 2.53 bits per heavy atom. The van der Waals surface area contributed by atoms with Crippen molar-refractivity contribution in [2.75, 3.05) is 19.4 Å². The second-order valence-electron chi connectivity index (χ2n) is 9.63. The largest absolute Gasteiger partial charge is 0.492 e. The first-order chi connectivity index (χ1) is 16.0. The van der Waals surface area contributed by atoms with Crippen LogP contribution in [0.25, 0.3) is 0 Å². The Hall–Kier alpha value is -1.80. The molecule has 1 heterocycles. The van der Waals surface area contributed by atoms with Crippen molar-refractivity contribution in [2.24, 2.45) is 11.3 Å². The van der Waals surface area contributed by atoms with Crippen LogP contribution in [0.2, 0.25) is 10.0 Å². The van der Waals surface area contributed by atoms with E-state index in [1.54, 1.807) is 6.07 Å². The lowest BCUT2D eigenvalue weighted by molar-refractivity contribution is -0.129. The lowest BCUT2D eigenvalue weighted by Crippen LogP contribution is -2.42. The Bertz CT molecular complexity index is 1170. The van der Waals surface area contributed by atoms with E-state index < -0.39 is 15.4 Å². The van der Waals surface area contributed by atoms with Crippen molar-refractivity contribution in [2.45, 2.75) is 44.6 Å². The van der Waals surface area contributed by atoms with Crippen molar-refractivity contribution in [3.63, 3.8) is 0 Å². The number of hydrogen-bond donors (Lipinski definition) is 2. The molecule has 0 aromatic heterocycles. The summed E-state index contributed by atoms with van der Waals surface area (Å²) in [6, 6.07) is 13.6. The number of carbonyl (C=O) groups is 1. The summed E-state index contributed by atoms with van der Waals surface area (Å²) in [6.07, 6.45) is 2.73. The highest BCUT2D eigenvalue weighted by Gasteiger charge is 2.57. The van der Waals surface area contributed by atoms with Gasteiger partial charge in [0, 0.05) is 28.5 Å². The van der Waals surface area contributed by atoms with Crippen LogP contribution in [-0.4, -0.2) is 39.8 Å². The van der Waals surface area contributed by atoms with Crippen LogP contribution in [0.15, 0.2) is 42.5 Å². The van der Waals surface area contributed by atoms with Crippen LogP contribution in [0.4, 0.5) is 0 Å². The first-order valence-electron chi connectivity index (χ1n) is 11.4. The number of benzene rings is 2. The molecule has 1 amide bonds. The molecule has 1 saturated heterocycles. The molecule has 2 N–H and O–H groups in total. The van der Waals surface area contributed by atoms with Crippen LogP contribution in [-0.2, 0) is 14.8 Å². The number of halogens is 2. The van der Waals surface area contributed by atoms with Gasteiger partial charge in [0.1, 0.15) is 12.4 Å². The van der Waals surface area contributed by atoms with Gasteiger partial charge >= 0.3 is 0 Å². The highest BCUT2D eigenvalue weighted by molar-refractivity contribution is 7.88. The number of carbonyl (C=O) groups excluding carboxylic acids is 1. The van der Waals surface area contributed by atoms with E-state index in [4.69, 9.17) is 27.9 Å². The summed E-state index contributed by atoms with van der Waals surface area (Å²) in [5.74, 6) is 1.05. The molecule has 184 valence electrons. The van der Waals surface area contributed by atoms with Crippen LogP contribution in [0, 0.1) is 11.3 Å². The van der Waals surface area contributed by atoms with Crippen molar-refractivity contribution in [3.05, 3.63) is 63.6 Å². The summed E-state index contributed by atoms with van der Waals surface area (Å²) in [6.45, 7) is 4.55. The maximum atomic E-state index is 12.9. The Balaban J connectivity index is 1.63. The summed E-state index contributed by atoms with van der Waals surface area (Å²) < 4.78 is 30.5. The molecule has 2 aromatic rings. The second-order valence-corrected chi connectivity index (χ2v) is 12.3. The number of nitrogens with one attached hydrogen (secondary N) is 2. The van der Waals surface area contributed by atoms with Gasteiger partial charge in [-0.25, -0.2) is 13.1 Å². The Morgan fingerprint density at radius 1 is 1.18 bits per heavy atom. The molecule has 9 heteroatoms. The molecule has 1 aliphatic carbocycles. The van der Waals surface area contributed by atoms with E-state index >= 15 is 0 Å². The van der Waals surface area contributed by atoms with Gasteiger partial charge in [-0.1, -0.05) is 48.3 Å². The van der Waals surface area contributed by atoms with Crippen molar-refractivity contribution in [3.8, 4) is 5.75 Å². The fourth-order valence-corrected chi connectivity index (χ4v) is 6.70. The summed E-state index contributed by atoms with van der Waals surface area (Å²) in [7, 11) is -3.26. The molecule has 6 nitrogen and oxygen atoms in total. The number of fused-ring (bicyclic) bond motifs is 1. The van der Waals surface area contributed by atoms with E-state index in [-0.39, 0.29) is 42.9 Å². The first-order valence-corrected chi connectivity index (χ1v) is 14.1. The van der Waals surface area contributed by atoms with E-state index in [0.717, 1.165) is 30.2 Å². The highest BCUT2D eigenvalue weighted by Crippen LogP contribution is 2.59. The minimum atomic E-state index is -3.26. The van der Waals surface area contributed by atoms with Crippen molar-refractivity contribution in [1.29, 1.82) is 0 Å². The van der Waals surface area contributed by atoms with Crippen LogP contribution in [0.1, 0.15) is 49.7 Å². The van der Waals surface area contributed by atoms with E-state index in [2.05, 4.69) is 36.0 Å². The maximum absolute atomic E-state index is 12.9. The zero-order valence-corrected chi connectivity index (χ0v) is 21.8. The predicted octanol–water partition coefficient (Wildman–Crippen LogP) is 4.72. The van der Waals surface area contributed by atoms with Gasteiger partial charge in [0.2, 0.25) is 15.9 Å². The molecule has 0 unspecified atom stereocenters. The third-order valence-electron chi connectivity index (χ3n) is 7.31. The zero-order chi connectivity index (χ0) is 24.7. The van der Waals surface area contributed by atoms with E-state index in [0.29, 0.717) is 15.8 Å². The lowest BCUT2D eigenvalue weighted by Gasteiger charge is -2.46. The molecule has 4 rings (SSSR count). The monoisotopic (exact) mass is 524 g/mol. The van der Waals surface area contributed by atoms with Gasteiger partial charge in [0.15, 0.2) is 0 Å². The van der Waals surface area contributed by atoms with Crippen LogP contribution in [0.3, 0.4) is 0 Å². The molecule has 1 aliphatic heterocycles. The van der Waals surface area contributed by atoms with Crippen molar-refractivity contribution in [1.82, 2.24) is 10.0 Å². The normalized spacial score (nSPS) is 28.9. The number of rotatable bonds is 7. The van der Waals surface area contributed by atoms with Gasteiger partial charge in [0.25, 0.3) is 0 Å². The molecule has 2 fully saturated rings. The maximum Gasteiger partial charge on any atom is 0.226 e. The van der Waals surface area contributed by atoms with E-state index in [9.17, 15) is 13.2 Å². The fourth-order valence-electron chi connectivity index (χ4n) is 5.81. The zero-order valence-electron chi connectivity index (χ0n) is 19.5. The molecular formula is C25H30Cl2N2O4S. The predicted molar refractivity (Wildman–Crippen MR) is 135 cm³/mol. The topological polar surface area (TPSA) is 84.5 Å². The SMILES string of the molecule is C[C@H]1NC(=O)[C@]2(C)CC[C@@H](c3ccc(OCCNS(C)(=O)=O)cc3Cl)[C@H](c3ccc(Cl)cc3)[C@H]12. The Morgan fingerprint density at radius 2 is 1.88 bits per heavy atom. The van der Waals surface area contributed by atoms with Gasteiger partial charge < -0.3 is 10.1 Å². The number of sulfonamides is 1. The third-order valence-corrected chi connectivity index (χ3v) is 8.62. The Labute approximate surface area is 211 Å². The third kappa shape index (κ3) is 5.08. The average Bonchev–Trinajstić information content (AvgIpc) is 2.99. The van der Waals surface area contributed by atoms with Gasteiger partial charge in [-0.05, 0) is 67.0 Å². The fraction of sp³-hybridized carbons (Fsp3) is 0.480. The lowest BCUT2D eigenvalue weighted by atomic mass is 9.56. The summed E-state index contributed by atoms with van der Waals surface area (Å²) in [5.41, 5.74) is 1.75. The average molecular weight is 525 g/mol.